The summed E-state index contributed by atoms with van der Waals surface area (Å²) in [4.78, 5) is 12.3. The summed E-state index contributed by atoms with van der Waals surface area (Å²) in [5, 5.41) is 3.01. The molecule has 0 radical (unpaired) electrons. The molecule has 1 heterocycles. The lowest BCUT2D eigenvalue weighted by molar-refractivity contribution is 0.242. The van der Waals surface area contributed by atoms with Gasteiger partial charge in [0, 0.05) is 19.2 Å². The van der Waals surface area contributed by atoms with Crippen molar-refractivity contribution in [2.24, 2.45) is 7.05 Å². The Hall–Kier alpha value is -2.07. The summed E-state index contributed by atoms with van der Waals surface area (Å²) < 4.78 is 7.32. The molecule has 4 nitrogen and oxygen atoms in total. The SMILES string of the molecule is CNCc1ccc(-c2ccc(OC(C)C)cc2)n(C)c1=O. The van der Waals surface area contributed by atoms with E-state index >= 15 is 0 Å². The first-order chi connectivity index (χ1) is 10.0. The van der Waals surface area contributed by atoms with Crippen LogP contribution in [0.4, 0.5) is 0 Å². The average molecular weight is 286 g/mol. The molecule has 0 fully saturated rings. The molecule has 1 aromatic heterocycles. The van der Waals surface area contributed by atoms with Crippen LogP contribution in [0.1, 0.15) is 19.4 Å². The lowest BCUT2D eigenvalue weighted by atomic mass is 10.1. The van der Waals surface area contributed by atoms with Crippen molar-refractivity contribution in [1.29, 1.82) is 0 Å². The van der Waals surface area contributed by atoms with E-state index in [9.17, 15) is 4.79 Å². The van der Waals surface area contributed by atoms with Gasteiger partial charge in [0.25, 0.3) is 5.56 Å². The van der Waals surface area contributed by atoms with E-state index in [2.05, 4.69) is 5.32 Å². The molecule has 0 amide bonds. The van der Waals surface area contributed by atoms with E-state index < -0.39 is 0 Å². The Labute approximate surface area is 125 Å². The molecule has 0 aliphatic heterocycles. The third-order valence-electron chi connectivity index (χ3n) is 3.27. The van der Waals surface area contributed by atoms with E-state index in [-0.39, 0.29) is 11.7 Å². The van der Waals surface area contributed by atoms with Crippen LogP contribution in [0.2, 0.25) is 0 Å². The molecule has 0 unspecified atom stereocenters. The highest BCUT2D eigenvalue weighted by molar-refractivity contribution is 5.60. The maximum Gasteiger partial charge on any atom is 0.255 e. The van der Waals surface area contributed by atoms with Crippen molar-refractivity contribution in [1.82, 2.24) is 9.88 Å². The number of pyridine rings is 1. The summed E-state index contributed by atoms with van der Waals surface area (Å²) >= 11 is 0. The zero-order valence-electron chi connectivity index (χ0n) is 13.0. The lowest BCUT2D eigenvalue weighted by Crippen LogP contribution is -2.25. The zero-order valence-corrected chi connectivity index (χ0v) is 13.0. The molecule has 2 aromatic rings. The van der Waals surface area contributed by atoms with Gasteiger partial charge in [-0.1, -0.05) is 6.07 Å². The zero-order chi connectivity index (χ0) is 15.4. The summed E-state index contributed by atoms with van der Waals surface area (Å²) in [7, 11) is 3.64. The highest BCUT2D eigenvalue weighted by Crippen LogP contribution is 2.22. The van der Waals surface area contributed by atoms with Crippen LogP contribution in [0.15, 0.2) is 41.2 Å². The van der Waals surface area contributed by atoms with Crippen molar-refractivity contribution in [3.63, 3.8) is 0 Å². The average Bonchev–Trinajstić information content (AvgIpc) is 2.45. The number of benzene rings is 1. The van der Waals surface area contributed by atoms with Gasteiger partial charge in [-0.05, 0) is 56.8 Å². The number of ether oxygens (including phenoxy) is 1. The maximum absolute atomic E-state index is 12.3. The Morgan fingerprint density at radius 2 is 1.81 bits per heavy atom. The van der Waals surface area contributed by atoms with Crippen LogP contribution in [0.25, 0.3) is 11.3 Å². The van der Waals surface area contributed by atoms with E-state index in [0.717, 1.165) is 22.6 Å². The molecule has 0 saturated carbocycles. The Morgan fingerprint density at radius 3 is 2.38 bits per heavy atom. The number of hydrogen-bond acceptors (Lipinski definition) is 3. The molecular formula is C17H22N2O2. The molecule has 1 N–H and O–H groups in total. The fourth-order valence-electron chi connectivity index (χ4n) is 2.28. The first-order valence-corrected chi connectivity index (χ1v) is 7.13. The van der Waals surface area contributed by atoms with Crippen molar-refractivity contribution in [3.8, 4) is 17.0 Å². The van der Waals surface area contributed by atoms with E-state index in [1.54, 1.807) is 11.6 Å². The van der Waals surface area contributed by atoms with Crippen LogP contribution in [0.5, 0.6) is 5.75 Å². The summed E-state index contributed by atoms with van der Waals surface area (Å²) in [6.07, 6.45) is 0.154. The number of rotatable bonds is 5. The van der Waals surface area contributed by atoms with Gasteiger partial charge in [0.1, 0.15) is 5.75 Å². The summed E-state index contributed by atoms with van der Waals surface area (Å²) in [5.74, 6) is 0.838. The van der Waals surface area contributed by atoms with Gasteiger partial charge in [0.2, 0.25) is 0 Å². The largest absolute Gasteiger partial charge is 0.491 e. The molecule has 0 atom stereocenters. The summed E-state index contributed by atoms with van der Waals surface area (Å²) in [5.41, 5.74) is 2.70. The van der Waals surface area contributed by atoms with Crippen molar-refractivity contribution in [2.45, 2.75) is 26.5 Å². The van der Waals surface area contributed by atoms with E-state index in [0.29, 0.717) is 6.54 Å². The van der Waals surface area contributed by atoms with Crippen molar-refractivity contribution in [3.05, 3.63) is 52.3 Å². The van der Waals surface area contributed by atoms with E-state index in [4.69, 9.17) is 4.74 Å². The molecule has 4 heteroatoms. The Kier molecular flexibility index (Phi) is 4.81. The standard InChI is InChI=1S/C17H22N2O2/c1-12(2)21-15-8-5-13(6-9-15)16-10-7-14(11-18-3)17(20)19(16)4/h5-10,12,18H,11H2,1-4H3. The summed E-state index contributed by atoms with van der Waals surface area (Å²) in [6.45, 7) is 4.57. The number of aromatic nitrogens is 1. The van der Waals surface area contributed by atoms with Gasteiger partial charge in [-0.2, -0.15) is 0 Å². The molecule has 0 bridgehead atoms. The van der Waals surface area contributed by atoms with Gasteiger partial charge < -0.3 is 14.6 Å². The molecule has 112 valence electrons. The van der Waals surface area contributed by atoms with Gasteiger partial charge in [-0.3, -0.25) is 4.79 Å². The molecule has 1 aromatic carbocycles. The van der Waals surface area contributed by atoms with Crippen LogP contribution in [0.3, 0.4) is 0 Å². The predicted molar refractivity (Wildman–Crippen MR) is 85.6 cm³/mol. The molecule has 2 rings (SSSR count). The second-order valence-corrected chi connectivity index (χ2v) is 5.33. The van der Waals surface area contributed by atoms with Crippen LogP contribution >= 0.6 is 0 Å². The number of hydrogen-bond donors (Lipinski definition) is 1. The first kappa shape index (κ1) is 15.3. The van der Waals surface area contributed by atoms with Crippen LogP contribution < -0.4 is 15.6 Å². The second-order valence-electron chi connectivity index (χ2n) is 5.33. The summed E-state index contributed by atoms with van der Waals surface area (Å²) in [6, 6.07) is 11.7. The first-order valence-electron chi connectivity index (χ1n) is 7.13. The van der Waals surface area contributed by atoms with E-state index in [1.807, 2.05) is 57.3 Å². The highest BCUT2D eigenvalue weighted by atomic mass is 16.5. The lowest BCUT2D eigenvalue weighted by Gasteiger charge is -2.13. The monoisotopic (exact) mass is 286 g/mol. The topological polar surface area (TPSA) is 43.3 Å². The van der Waals surface area contributed by atoms with E-state index in [1.165, 1.54) is 0 Å². The normalized spacial score (nSPS) is 10.9. The molecule has 0 spiro atoms. The fraction of sp³-hybridized carbons (Fsp3) is 0.353. The molecule has 0 aliphatic carbocycles. The van der Waals surface area contributed by atoms with Crippen LogP contribution in [0, 0.1) is 0 Å². The predicted octanol–water partition coefficient (Wildman–Crippen LogP) is 2.56. The minimum atomic E-state index is 0.0318. The molecule has 0 aliphatic rings. The highest BCUT2D eigenvalue weighted by Gasteiger charge is 2.07. The number of nitrogens with zero attached hydrogens (tertiary/aromatic N) is 1. The van der Waals surface area contributed by atoms with Crippen LogP contribution in [-0.4, -0.2) is 17.7 Å². The van der Waals surface area contributed by atoms with Crippen molar-refractivity contribution >= 4 is 0 Å². The third-order valence-corrected chi connectivity index (χ3v) is 3.27. The van der Waals surface area contributed by atoms with Gasteiger partial charge in [-0.25, -0.2) is 0 Å². The molecular weight excluding hydrogens is 264 g/mol. The van der Waals surface area contributed by atoms with Crippen LogP contribution in [-0.2, 0) is 13.6 Å². The minimum absolute atomic E-state index is 0.0318. The van der Waals surface area contributed by atoms with Gasteiger partial charge in [0.15, 0.2) is 0 Å². The molecule has 21 heavy (non-hydrogen) atoms. The Bertz CT molecular complexity index is 657. The minimum Gasteiger partial charge on any atom is -0.491 e. The maximum atomic E-state index is 12.3. The van der Waals surface area contributed by atoms with Gasteiger partial charge in [0.05, 0.1) is 11.8 Å². The van der Waals surface area contributed by atoms with Crippen molar-refractivity contribution < 1.29 is 4.74 Å². The Morgan fingerprint density at radius 1 is 1.14 bits per heavy atom. The smallest absolute Gasteiger partial charge is 0.255 e. The van der Waals surface area contributed by atoms with Gasteiger partial charge >= 0.3 is 0 Å². The quantitative estimate of drug-likeness (QED) is 0.918. The number of nitrogens with one attached hydrogen (secondary N) is 1. The second kappa shape index (κ2) is 6.59. The Balaban J connectivity index is 2.34. The molecule has 0 saturated heterocycles. The fourth-order valence-corrected chi connectivity index (χ4v) is 2.28. The third kappa shape index (κ3) is 3.52. The van der Waals surface area contributed by atoms with Crippen molar-refractivity contribution in [2.75, 3.05) is 7.05 Å². The van der Waals surface area contributed by atoms with Gasteiger partial charge in [-0.15, -0.1) is 0 Å².